The molecule has 0 saturated heterocycles. The summed E-state index contributed by atoms with van der Waals surface area (Å²) in [5.74, 6) is -2.09. The second kappa shape index (κ2) is 5.40. The zero-order valence-electron chi connectivity index (χ0n) is 10.7. The molecule has 0 aliphatic heterocycles. The summed E-state index contributed by atoms with van der Waals surface area (Å²) in [6.45, 7) is 1.25. The van der Waals surface area contributed by atoms with Crippen molar-refractivity contribution in [2.45, 2.75) is 19.1 Å². The quantitative estimate of drug-likeness (QED) is 0.832. The van der Waals surface area contributed by atoms with E-state index in [-0.39, 0.29) is 5.56 Å². The molecule has 1 amide bonds. The third kappa shape index (κ3) is 3.19. The van der Waals surface area contributed by atoms with Gasteiger partial charge in [-0.1, -0.05) is 0 Å². The van der Waals surface area contributed by atoms with E-state index in [1.54, 1.807) is 0 Å². The van der Waals surface area contributed by atoms with Crippen LogP contribution in [0.3, 0.4) is 0 Å². The number of aliphatic carboxylic acids is 1. The molecular formula is C12H13F3N2O3. The summed E-state index contributed by atoms with van der Waals surface area (Å²) < 4.78 is 38.0. The SMILES string of the molecule is C[C@@H](C(=O)O)N(C)C(=O)c1ccc(N)c(C(F)(F)F)c1. The fourth-order valence-corrected chi connectivity index (χ4v) is 1.48. The Morgan fingerprint density at radius 2 is 1.90 bits per heavy atom. The number of nitrogens with two attached hydrogens (primary N) is 1. The van der Waals surface area contributed by atoms with E-state index in [9.17, 15) is 22.8 Å². The summed E-state index contributed by atoms with van der Waals surface area (Å²) >= 11 is 0. The van der Waals surface area contributed by atoms with Gasteiger partial charge in [-0.25, -0.2) is 4.79 Å². The van der Waals surface area contributed by atoms with Crippen LogP contribution >= 0.6 is 0 Å². The Kier molecular flexibility index (Phi) is 4.26. The molecule has 0 radical (unpaired) electrons. The van der Waals surface area contributed by atoms with Crippen LogP contribution in [0.5, 0.6) is 0 Å². The predicted molar refractivity (Wildman–Crippen MR) is 65.0 cm³/mol. The number of amides is 1. The van der Waals surface area contributed by atoms with Gasteiger partial charge in [0.05, 0.1) is 5.56 Å². The van der Waals surface area contributed by atoms with Gasteiger partial charge in [-0.2, -0.15) is 13.2 Å². The Balaban J connectivity index is 3.15. The molecule has 0 bridgehead atoms. The summed E-state index contributed by atoms with van der Waals surface area (Å²) in [5, 5.41) is 8.78. The van der Waals surface area contributed by atoms with Gasteiger partial charge in [-0.3, -0.25) is 4.79 Å². The molecule has 0 fully saturated rings. The molecule has 0 unspecified atom stereocenters. The molecule has 110 valence electrons. The summed E-state index contributed by atoms with van der Waals surface area (Å²) in [6, 6.07) is 1.55. The van der Waals surface area contributed by atoms with Crippen LogP contribution in [0, 0.1) is 0 Å². The van der Waals surface area contributed by atoms with Gasteiger partial charge in [0.15, 0.2) is 0 Å². The van der Waals surface area contributed by atoms with Gasteiger partial charge < -0.3 is 15.7 Å². The first-order valence-corrected chi connectivity index (χ1v) is 5.52. The number of carbonyl (C=O) groups excluding carboxylic acids is 1. The largest absolute Gasteiger partial charge is 0.480 e. The van der Waals surface area contributed by atoms with Crippen molar-refractivity contribution in [3.63, 3.8) is 0 Å². The van der Waals surface area contributed by atoms with E-state index in [1.165, 1.54) is 14.0 Å². The molecule has 1 rings (SSSR count). The van der Waals surface area contributed by atoms with E-state index >= 15 is 0 Å². The van der Waals surface area contributed by atoms with E-state index in [0.717, 1.165) is 17.0 Å². The zero-order chi connectivity index (χ0) is 15.7. The van der Waals surface area contributed by atoms with Crippen molar-refractivity contribution >= 4 is 17.6 Å². The number of carboxylic acids is 1. The van der Waals surface area contributed by atoms with Gasteiger partial charge in [-0.15, -0.1) is 0 Å². The van der Waals surface area contributed by atoms with Crippen LogP contribution in [0.15, 0.2) is 18.2 Å². The summed E-state index contributed by atoms with van der Waals surface area (Å²) in [4.78, 5) is 23.5. The van der Waals surface area contributed by atoms with Crippen molar-refractivity contribution in [1.82, 2.24) is 4.90 Å². The van der Waals surface area contributed by atoms with E-state index in [4.69, 9.17) is 10.8 Å². The molecule has 1 aromatic rings. The van der Waals surface area contributed by atoms with Crippen molar-refractivity contribution in [3.05, 3.63) is 29.3 Å². The molecule has 0 spiro atoms. The van der Waals surface area contributed by atoms with E-state index < -0.39 is 35.3 Å². The number of likely N-dealkylation sites (N-methyl/N-ethyl adjacent to an activating group) is 1. The lowest BCUT2D eigenvalue weighted by atomic mass is 10.1. The number of carboxylic acid groups (broad SMARTS) is 1. The number of benzene rings is 1. The minimum absolute atomic E-state index is 0.276. The molecule has 0 aliphatic rings. The monoisotopic (exact) mass is 290 g/mol. The lowest BCUT2D eigenvalue weighted by molar-refractivity contribution is -0.141. The summed E-state index contributed by atoms with van der Waals surface area (Å²) in [7, 11) is 1.20. The molecule has 0 saturated carbocycles. The molecule has 3 N–H and O–H groups in total. The smallest absolute Gasteiger partial charge is 0.418 e. The highest BCUT2D eigenvalue weighted by Gasteiger charge is 2.34. The van der Waals surface area contributed by atoms with Gasteiger partial charge >= 0.3 is 12.1 Å². The Morgan fingerprint density at radius 3 is 2.35 bits per heavy atom. The van der Waals surface area contributed by atoms with Crippen LogP contribution in [-0.2, 0) is 11.0 Å². The second-order valence-corrected chi connectivity index (χ2v) is 4.23. The van der Waals surface area contributed by atoms with Crippen molar-refractivity contribution < 1.29 is 27.9 Å². The van der Waals surface area contributed by atoms with Gasteiger partial charge in [0.1, 0.15) is 6.04 Å². The van der Waals surface area contributed by atoms with Crippen LogP contribution in [0.4, 0.5) is 18.9 Å². The molecule has 0 aromatic heterocycles. The maximum Gasteiger partial charge on any atom is 0.418 e. The van der Waals surface area contributed by atoms with E-state index in [0.29, 0.717) is 6.07 Å². The Morgan fingerprint density at radius 1 is 1.35 bits per heavy atom. The van der Waals surface area contributed by atoms with Crippen molar-refractivity contribution in [2.24, 2.45) is 0 Å². The van der Waals surface area contributed by atoms with E-state index in [2.05, 4.69) is 0 Å². The maximum absolute atomic E-state index is 12.7. The van der Waals surface area contributed by atoms with Crippen molar-refractivity contribution in [2.75, 3.05) is 12.8 Å². The molecule has 0 heterocycles. The third-order valence-electron chi connectivity index (χ3n) is 2.86. The van der Waals surface area contributed by atoms with Crippen LogP contribution in [0.2, 0.25) is 0 Å². The summed E-state index contributed by atoms with van der Waals surface area (Å²) in [6.07, 6.45) is -4.68. The fraction of sp³-hybridized carbons (Fsp3) is 0.333. The van der Waals surface area contributed by atoms with Gasteiger partial charge in [0.2, 0.25) is 0 Å². The minimum atomic E-state index is -4.68. The standard InChI is InChI=1S/C12H13F3N2O3/c1-6(11(19)20)17(2)10(18)7-3-4-9(16)8(5-7)12(13,14)15/h3-6H,16H2,1-2H3,(H,19,20)/t6-/m0/s1. The lowest BCUT2D eigenvalue weighted by Gasteiger charge is -2.22. The van der Waals surface area contributed by atoms with Crippen molar-refractivity contribution in [3.8, 4) is 0 Å². The molecule has 5 nitrogen and oxygen atoms in total. The molecule has 0 aliphatic carbocycles. The number of carbonyl (C=O) groups is 2. The van der Waals surface area contributed by atoms with Crippen LogP contribution in [0.1, 0.15) is 22.8 Å². The number of hydrogen-bond acceptors (Lipinski definition) is 3. The Labute approximate surface area is 112 Å². The van der Waals surface area contributed by atoms with Crippen LogP contribution < -0.4 is 5.73 Å². The number of rotatable bonds is 3. The normalized spacial score (nSPS) is 12.8. The third-order valence-corrected chi connectivity index (χ3v) is 2.86. The predicted octanol–water partition coefficient (Wildman–Crippen LogP) is 1.83. The first-order chi connectivity index (χ1) is 9.05. The summed E-state index contributed by atoms with van der Waals surface area (Å²) in [5.41, 5.74) is 3.32. The second-order valence-electron chi connectivity index (χ2n) is 4.23. The molecule has 1 atom stereocenters. The van der Waals surface area contributed by atoms with Crippen LogP contribution in [-0.4, -0.2) is 35.0 Å². The number of nitrogen functional groups attached to an aromatic ring is 1. The number of alkyl halides is 3. The molecule has 8 heteroatoms. The minimum Gasteiger partial charge on any atom is -0.480 e. The molecular weight excluding hydrogens is 277 g/mol. The Hall–Kier alpha value is -2.25. The highest BCUT2D eigenvalue weighted by Crippen LogP contribution is 2.34. The average Bonchev–Trinajstić information content (AvgIpc) is 2.35. The topological polar surface area (TPSA) is 83.6 Å². The van der Waals surface area contributed by atoms with Crippen molar-refractivity contribution in [1.29, 1.82) is 0 Å². The van der Waals surface area contributed by atoms with Gasteiger partial charge in [0.25, 0.3) is 5.91 Å². The maximum atomic E-state index is 12.7. The molecule has 1 aromatic carbocycles. The van der Waals surface area contributed by atoms with Crippen LogP contribution in [0.25, 0.3) is 0 Å². The lowest BCUT2D eigenvalue weighted by Crippen LogP contribution is -2.40. The number of halogens is 3. The Bertz CT molecular complexity index is 543. The molecule has 20 heavy (non-hydrogen) atoms. The highest BCUT2D eigenvalue weighted by atomic mass is 19.4. The first kappa shape index (κ1) is 15.8. The number of hydrogen-bond donors (Lipinski definition) is 2. The van der Waals surface area contributed by atoms with Gasteiger partial charge in [0, 0.05) is 18.3 Å². The number of nitrogens with zero attached hydrogens (tertiary/aromatic N) is 1. The average molecular weight is 290 g/mol. The van der Waals surface area contributed by atoms with Gasteiger partial charge in [-0.05, 0) is 25.1 Å². The zero-order valence-corrected chi connectivity index (χ0v) is 10.7. The fourth-order valence-electron chi connectivity index (χ4n) is 1.48. The van der Waals surface area contributed by atoms with E-state index in [1.807, 2.05) is 0 Å². The first-order valence-electron chi connectivity index (χ1n) is 5.52. The highest BCUT2D eigenvalue weighted by molar-refractivity contribution is 5.97. The number of anilines is 1.